The molecule has 94 valence electrons. The average Bonchev–Trinajstić information content (AvgIpc) is 2.28. The summed E-state index contributed by atoms with van der Waals surface area (Å²) in [6.07, 6.45) is 0.882. The maximum atomic E-state index is 12.3. The van der Waals surface area contributed by atoms with Crippen LogP contribution in [0.25, 0.3) is 0 Å². The van der Waals surface area contributed by atoms with Crippen molar-refractivity contribution < 1.29 is 9.90 Å². The normalized spacial score (nSPS) is 10.6. The lowest BCUT2D eigenvalue weighted by atomic mass is 10.1. The predicted octanol–water partition coefficient (Wildman–Crippen LogP) is 2.24. The fraction of sp³-hybridized carbons (Fsp3) is 0.462. The first-order valence-electron chi connectivity index (χ1n) is 5.87. The first kappa shape index (κ1) is 13.4. The standard InChI is InChI=1S/C13H20N2O2/c1-4-8-15(9(2)3)13(17)10-6-5-7-11(14)12(10)16/h5-7,9,16H,4,8,14H2,1-3H3. The van der Waals surface area contributed by atoms with Crippen LogP contribution >= 0.6 is 0 Å². The summed E-state index contributed by atoms with van der Waals surface area (Å²) in [5.74, 6) is -0.300. The number of phenols is 1. The molecule has 1 aromatic carbocycles. The summed E-state index contributed by atoms with van der Waals surface area (Å²) in [6, 6.07) is 4.94. The average molecular weight is 236 g/mol. The van der Waals surface area contributed by atoms with Gasteiger partial charge in [-0.15, -0.1) is 0 Å². The van der Waals surface area contributed by atoms with Gasteiger partial charge in [0.2, 0.25) is 0 Å². The highest BCUT2D eigenvalue weighted by Crippen LogP contribution is 2.26. The van der Waals surface area contributed by atoms with Gasteiger partial charge in [0.05, 0.1) is 11.3 Å². The number of nitrogens with zero attached hydrogens (tertiary/aromatic N) is 1. The minimum absolute atomic E-state index is 0.100. The molecule has 0 aromatic heterocycles. The van der Waals surface area contributed by atoms with Crippen molar-refractivity contribution in [2.75, 3.05) is 12.3 Å². The van der Waals surface area contributed by atoms with Gasteiger partial charge in [0.15, 0.2) is 5.75 Å². The molecule has 4 heteroatoms. The molecule has 3 N–H and O–H groups in total. The van der Waals surface area contributed by atoms with Crippen LogP contribution in [0.2, 0.25) is 0 Å². The number of benzene rings is 1. The smallest absolute Gasteiger partial charge is 0.257 e. The molecule has 4 nitrogen and oxygen atoms in total. The number of carbonyl (C=O) groups excluding carboxylic acids is 1. The number of rotatable bonds is 4. The van der Waals surface area contributed by atoms with E-state index >= 15 is 0 Å². The Kier molecular flexibility index (Phi) is 4.37. The number of carbonyl (C=O) groups is 1. The fourth-order valence-corrected chi connectivity index (χ4v) is 1.72. The molecule has 17 heavy (non-hydrogen) atoms. The summed E-state index contributed by atoms with van der Waals surface area (Å²) in [4.78, 5) is 14.0. The van der Waals surface area contributed by atoms with Crippen LogP contribution in [-0.2, 0) is 0 Å². The van der Waals surface area contributed by atoms with E-state index in [0.29, 0.717) is 6.54 Å². The third-order valence-electron chi connectivity index (χ3n) is 2.65. The topological polar surface area (TPSA) is 66.6 Å². The summed E-state index contributed by atoms with van der Waals surface area (Å²) in [6.45, 7) is 6.60. The molecule has 0 aliphatic rings. The van der Waals surface area contributed by atoms with Gasteiger partial charge in [0.1, 0.15) is 0 Å². The lowest BCUT2D eigenvalue weighted by Gasteiger charge is -2.26. The van der Waals surface area contributed by atoms with Crippen molar-refractivity contribution in [1.29, 1.82) is 0 Å². The van der Waals surface area contributed by atoms with Gasteiger partial charge >= 0.3 is 0 Å². The van der Waals surface area contributed by atoms with Crippen LogP contribution in [0.1, 0.15) is 37.6 Å². The zero-order valence-corrected chi connectivity index (χ0v) is 10.6. The third-order valence-corrected chi connectivity index (χ3v) is 2.65. The van der Waals surface area contributed by atoms with Gasteiger partial charge in [-0.2, -0.15) is 0 Å². The summed E-state index contributed by atoms with van der Waals surface area (Å²) in [7, 11) is 0. The third kappa shape index (κ3) is 2.90. The molecular weight excluding hydrogens is 216 g/mol. The molecule has 0 fully saturated rings. The largest absolute Gasteiger partial charge is 0.505 e. The maximum absolute atomic E-state index is 12.3. The second-order valence-corrected chi connectivity index (χ2v) is 4.34. The molecule has 0 saturated carbocycles. The van der Waals surface area contributed by atoms with Gasteiger partial charge in [-0.25, -0.2) is 0 Å². The second-order valence-electron chi connectivity index (χ2n) is 4.34. The lowest BCUT2D eigenvalue weighted by molar-refractivity contribution is 0.0703. The molecule has 1 rings (SSSR count). The van der Waals surface area contributed by atoms with Crippen molar-refractivity contribution in [1.82, 2.24) is 4.90 Å². The van der Waals surface area contributed by atoms with Gasteiger partial charge in [0, 0.05) is 12.6 Å². The number of nitrogens with two attached hydrogens (primary N) is 1. The van der Waals surface area contributed by atoms with Crippen molar-refractivity contribution in [3.05, 3.63) is 23.8 Å². The van der Waals surface area contributed by atoms with Gasteiger partial charge in [-0.1, -0.05) is 13.0 Å². The minimum atomic E-state index is -0.174. The monoisotopic (exact) mass is 236 g/mol. The van der Waals surface area contributed by atoms with Crippen molar-refractivity contribution in [3.63, 3.8) is 0 Å². The Morgan fingerprint density at radius 3 is 2.65 bits per heavy atom. The van der Waals surface area contributed by atoms with Crippen molar-refractivity contribution in [2.45, 2.75) is 33.2 Å². The first-order chi connectivity index (χ1) is 7.99. The number of nitrogen functional groups attached to an aromatic ring is 1. The molecule has 1 amide bonds. The SMILES string of the molecule is CCCN(C(=O)c1cccc(N)c1O)C(C)C. The molecule has 0 atom stereocenters. The molecular formula is C13H20N2O2. The Bertz CT molecular complexity index is 402. The number of amides is 1. The summed E-state index contributed by atoms with van der Waals surface area (Å²) < 4.78 is 0. The van der Waals surface area contributed by atoms with Gasteiger partial charge in [-0.05, 0) is 32.4 Å². The van der Waals surface area contributed by atoms with Crippen LogP contribution < -0.4 is 5.73 Å². The number of hydrogen-bond donors (Lipinski definition) is 2. The molecule has 1 aromatic rings. The summed E-state index contributed by atoms with van der Waals surface area (Å²) in [5.41, 5.74) is 6.09. The van der Waals surface area contributed by atoms with Gasteiger partial charge < -0.3 is 15.7 Å². The van der Waals surface area contributed by atoms with Crippen LogP contribution in [-0.4, -0.2) is 28.5 Å². The molecule has 0 radical (unpaired) electrons. The molecule has 0 aliphatic carbocycles. The van der Waals surface area contributed by atoms with E-state index in [0.717, 1.165) is 6.42 Å². The van der Waals surface area contributed by atoms with E-state index in [4.69, 9.17) is 5.73 Å². The maximum Gasteiger partial charge on any atom is 0.257 e. The number of para-hydroxylation sites is 1. The highest BCUT2D eigenvalue weighted by atomic mass is 16.3. The quantitative estimate of drug-likeness (QED) is 0.622. The number of hydrogen-bond acceptors (Lipinski definition) is 3. The summed E-state index contributed by atoms with van der Waals surface area (Å²) >= 11 is 0. The van der Waals surface area contributed by atoms with Crippen LogP contribution in [0.3, 0.4) is 0 Å². The second kappa shape index (κ2) is 5.57. The van der Waals surface area contributed by atoms with E-state index in [1.807, 2.05) is 20.8 Å². The van der Waals surface area contributed by atoms with E-state index in [9.17, 15) is 9.90 Å². The van der Waals surface area contributed by atoms with E-state index in [-0.39, 0.29) is 28.9 Å². The van der Waals surface area contributed by atoms with Crippen LogP contribution in [0.4, 0.5) is 5.69 Å². The van der Waals surface area contributed by atoms with Crippen LogP contribution in [0.15, 0.2) is 18.2 Å². The van der Waals surface area contributed by atoms with Crippen LogP contribution in [0, 0.1) is 0 Å². The number of aromatic hydroxyl groups is 1. The van der Waals surface area contributed by atoms with E-state index in [2.05, 4.69) is 0 Å². The van der Waals surface area contributed by atoms with Gasteiger partial charge in [0.25, 0.3) is 5.91 Å². The predicted molar refractivity (Wildman–Crippen MR) is 69.0 cm³/mol. The number of anilines is 1. The van der Waals surface area contributed by atoms with Gasteiger partial charge in [-0.3, -0.25) is 4.79 Å². The highest BCUT2D eigenvalue weighted by Gasteiger charge is 2.21. The van der Waals surface area contributed by atoms with Crippen molar-refractivity contribution in [3.8, 4) is 5.75 Å². The lowest BCUT2D eigenvalue weighted by Crippen LogP contribution is -2.37. The van der Waals surface area contributed by atoms with E-state index < -0.39 is 0 Å². The zero-order valence-electron chi connectivity index (χ0n) is 10.6. The Labute approximate surface area is 102 Å². The van der Waals surface area contributed by atoms with Crippen molar-refractivity contribution in [2.24, 2.45) is 0 Å². The molecule has 0 unspecified atom stereocenters. The Morgan fingerprint density at radius 1 is 1.47 bits per heavy atom. The molecule has 0 saturated heterocycles. The Hall–Kier alpha value is -1.71. The molecule has 0 bridgehead atoms. The Balaban J connectivity index is 3.05. The van der Waals surface area contributed by atoms with E-state index in [1.165, 1.54) is 0 Å². The van der Waals surface area contributed by atoms with Crippen LogP contribution in [0.5, 0.6) is 5.75 Å². The highest BCUT2D eigenvalue weighted by molar-refractivity contribution is 5.98. The van der Waals surface area contributed by atoms with Crippen molar-refractivity contribution >= 4 is 11.6 Å². The molecule has 0 heterocycles. The Morgan fingerprint density at radius 2 is 2.12 bits per heavy atom. The number of phenolic OH excluding ortho intramolecular Hbond substituents is 1. The molecule has 0 aliphatic heterocycles. The van der Waals surface area contributed by atoms with E-state index in [1.54, 1.807) is 23.1 Å². The minimum Gasteiger partial charge on any atom is -0.505 e. The zero-order chi connectivity index (χ0) is 13.0. The summed E-state index contributed by atoms with van der Waals surface area (Å²) in [5, 5.41) is 9.79. The fourth-order valence-electron chi connectivity index (χ4n) is 1.72. The first-order valence-corrected chi connectivity index (χ1v) is 5.87. The molecule has 0 spiro atoms.